The first-order chi connectivity index (χ1) is 12.5. The van der Waals surface area contributed by atoms with Crippen LogP contribution in [0.3, 0.4) is 0 Å². The number of aromatic amines is 2. The number of hydrogen-bond acceptors (Lipinski definition) is 4. The predicted molar refractivity (Wildman–Crippen MR) is 95.7 cm³/mol. The highest BCUT2D eigenvalue weighted by Gasteiger charge is 2.41. The van der Waals surface area contributed by atoms with Crippen LogP contribution in [0, 0.1) is 12.8 Å². The molecular formula is C18H28N4O4. The van der Waals surface area contributed by atoms with Gasteiger partial charge in [-0.3, -0.25) is 19.5 Å². The molecule has 8 nitrogen and oxygen atoms in total. The van der Waals surface area contributed by atoms with Crippen molar-refractivity contribution in [3.63, 3.8) is 0 Å². The van der Waals surface area contributed by atoms with Gasteiger partial charge in [0.05, 0.1) is 25.2 Å². The van der Waals surface area contributed by atoms with E-state index in [0.29, 0.717) is 37.4 Å². The molecule has 26 heavy (non-hydrogen) atoms. The van der Waals surface area contributed by atoms with Crippen molar-refractivity contribution in [2.24, 2.45) is 5.92 Å². The van der Waals surface area contributed by atoms with Gasteiger partial charge >= 0.3 is 0 Å². The minimum Gasteiger partial charge on any atom is -0.374 e. The van der Waals surface area contributed by atoms with Crippen LogP contribution in [0.25, 0.3) is 0 Å². The van der Waals surface area contributed by atoms with Crippen molar-refractivity contribution in [1.82, 2.24) is 20.4 Å². The zero-order valence-electron chi connectivity index (χ0n) is 15.5. The van der Waals surface area contributed by atoms with Crippen molar-refractivity contribution >= 4 is 11.8 Å². The summed E-state index contributed by atoms with van der Waals surface area (Å²) < 4.78 is 5.85. The summed E-state index contributed by atoms with van der Waals surface area (Å²) in [6.45, 7) is 5.49. The molecular weight excluding hydrogens is 336 g/mol. The first-order valence-electron chi connectivity index (χ1n) is 9.46. The summed E-state index contributed by atoms with van der Waals surface area (Å²) in [6.07, 6.45) is 3.14. The third kappa shape index (κ3) is 3.85. The zero-order valence-corrected chi connectivity index (χ0v) is 15.5. The second kappa shape index (κ2) is 8.07. The summed E-state index contributed by atoms with van der Waals surface area (Å²) >= 11 is 0. The molecule has 1 aliphatic carbocycles. The number of morpholine rings is 1. The first kappa shape index (κ1) is 18.7. The average Bonchev–Trinajstić information content (AvgIpc) is 2.97. The molecule has 0 unspecified atom stereocenters. The van der Waals surface area contributed by atoms with E-state index < -0.39 is 0 Å². The predicted octanol–water partition coefficient (Wildman–Crippen LogP) is 0.476. The number of rotatable bonds is 5. The van der Waals surface area contributed by atoms with E-state index in [1.807, 2.05) is 11.8 Å². The Bertz CT molecular complexity index is 710. The van der Waals surface area contributed by atoms with Crippen LogP contribution >= 0.6 is 0 Å². The van der Waals surface area contributed by atoms with Gasteiger partial charge in [-0.15, -0.1) is 0 Å². The topological polar surface area (TPSA) is 107 Å². The molecule has 1 saturated heterocycles. The van der Waals surface area contributed by atoms with E-state index in [1.54, 1.807) is 6.92 Å². The molecule has 1 saturated carbocycles. The molecule has 1 aromatic heterocycles. The van der Waals surface area contributed by atoms with Crippen LogP contribution in [0.4, 0.5) is 0 Å². The molecule has 144 valence electrons. The van der Waals surface area contributed by atoms with Gasteiger partial charge < -0.3 is 20.1 Å². The summed E-state index contributed by atoms with van der Waals surface area (Å²) in [5.74, 6) is -0.0930. The van der Waals surface area contributed by atoms with E-state index in [4.69, 9.17) is 4.74 Å². The fraction of sp³-hybridized carbons (Fsp3) is 0.722. The monoisotopic (exact) mass is 364 g/mol. The maximum Gasteiger partial charge on any atom is 0.267 e. The van der Waals surface area contributed by atoms with Crippen LogP contribution < -0.4 is 10.9 Å². The average molecular weight is 364 g/mol. The number of carbonyl (C=O) groups is 2. The molecule has 0 aromatic carbocycles. The van der Waals surface area contributed by atoms with Gasteiger partial charge in [-0.1, -0.05) is 6.92 Å². The summed E-state index contributed by atoms with van der Waals surface area (Å²) in [4.78, 5) is 38.9. The van der Waals surface area contributed by atoms with E-state index in [9.17, 15) is 14.4 Å². The van der Waals surface area contributed by atoms with Crippen LogP contribution in [0.1, 0.15) is 43.9 Å². The SMILES string of the molecule is CCCNC(=O)[C@H]1CC[C@H]2OCCN(C(=O)Cc3c(C)[nH][nH]c3=O)[C@@H]2C1. The lowest BCUT2D eigenvalue weighted by atomic mass is 9.81. The van der Waals surface area contributed by atoms with E-state index in [0.717, 1.165) is 19.3 Å². The van der Waals surface area contributed by atoms with Crippen molar-refractivity contribution < 1.29 is 14.3 Å². The van der Waals surface area contributed by atoms with E-state index in [1.165, 1.54) is 0 Å². The van der Waals surface area contributed by atoms with Crippen molar-refractivity contribution in [3.8, 4) is 0 Å². The molecule has 1 aromatic rings. The van der Waals surface area contributed by atoms with Gasteiger partial charge in [0.1, 0.15) is 0 Å². The Labute approximate surface area is 152 Å². The normalized spacial score (nSPS) is 25.6. The summed E-state index contributed by atoms with van der Waals surface area (Å²) in [7, 11) is 0. The van der Waals surface area contributed by atoms with Crippen molar-refractivity contribution in [1.29, 1.82) is 0 Å². The Hall–Kier alpha value is -2.09. The van der Waals surface area contributed by atoms with Gasteiger partial charge in [-0.2, -0.15) is 0 Å². The van der Waals surface area contributed by atoms with Crippen LogP contribution in [-0.4, -0.2) is 58.8 Å². The summed E-state index contributed by atoms with van der Waals surface area (Å²) in [5.41, 5.74) is 0.917. The standard InChI is InChI=1S/C18H28N4O4/c1-3-6-19-17(24)12-4-5-15-14(9-12)22(7-8-26-15)16(23)10-13-11(2)20-21-18(13)25/h12,14-15H,3-10H2,1-2H3,(H,19,24)(H2,20,21,25)/t12-,14+,15+/m0/s1. The number of carbonyl (C=O) groups excluding carboxylic acids is 2. The number of hydrogen-bond donors (Lipinski definition) is 3. The molecule has 2 fully saturated rings. The molecule has 0 radical (unpaired) electrons. The molecule has 2 heterocycles. The molecule has 8 heteroatoms. The number of aryl methyl sites for hydroxylation is 1. The Balaban J connectivity index is 1.69. The van der Waals surface area contributed by atoms with Crippen LogP contribution in [0.15, 0.2) is 4.79 Å². The Morgan fingerprint density at radius 2 is 2.12 bits per heavy atom. The lowest BCUT2D eigenvalue weighted by Crippen LogP contribution is -2.57. The number of aromatic nitrogens is 2. The Morgan fingerprint density at radius 1 is 1.31 bits per heavy atom. The first-order valence-corrected chi connectivity index (χ1v) is 9.46. The summed E-state index contributed by atoms with van der Waals surface area (Å²) in [5, 5.41) is 8.23. The van der Waals surface area contributed by atoms with Crippen molar-refractivity contribution in [3.05, 3.63) is 21.6 Å². The molecule has 0 spiro atoms. The van der Waals surface area contributed by atoms with E-state index in [-0.39, 0.29) is 41.9 Å². The molecule has 3 rings (SSSR count). The van der Waals surface area contributed by atoms with Gasteiger partial charge in [0.25, 0.3) is 5.56 Å². The van der Waals surface area contributed by atoms with Gasteiger partial charge in [0.2, 0.25) is 11.8 Å². The highest BCUT2D eigenvalue weighted by atomic mass is 16.5. The largest absolute Gasteiger partial charge is 0.374 e. The number of nitrogens with zero attached hydrogens (tertiary/aromatic N) is 1. The second-order valence-corrected chi connectivity index (χ2v) is 7.22. The maximum atomic E-state index is 12.9. The van der Waals surface area contributed by atoms with Gasteiger partial charge in [-0.25, -0.2) is 0 Å². The van der Waals surface area contributed by atoms with Gasteiger partial charge in [0.15, 0.2) is 0 Å². The third-order valence-electron chi connectivity index (χ3n) is 5.48. The zero-order chi connectivity index (χ0) is 18.7. The van der Waals surface area contributed by atoms with E-state index in [2.05, 4.69) is 15.5 Å². The van der Waals surface area contributed by atoms with Crippen LogP contribution in [0.5, 0.6) is 0 Å². The number of nitrogens with one attached hydrogen (secondary N) is 3. The van der Waals surface area contributed by atoms with Crippen LogP contribution in [0.2, 0.25) is 0 Å². The van der Waals surface area contributed by atoms with Crippen LogP contribution in [-0.2, 0) is 20.7 Å². The van der Waals surface area contributed by atoms with E-state index >= 15 is 0 Å². The number of amides is 2. The smallest absolute Gasteiger partial charge is 0.267 e. The third-order valence-corrected chi connectivity index (χ3v) is 5.48. The quantitative estimate of drug-likeness (QED) is 0.706. The number of H-pyrrole nitrogens is 2. The van der Waals surface area contributed by atoms with Crippen molar-refractivity contribution in [2.45, 2.75) is 58.1 Å². The second-order valence-electron chi connectivity index (χ2n) is 7.22. The molecule has 3 atom stereocenters. The maximum absolute atomic E-state index is 12.9. The molecule has 0 bridgehead atoms. The van der Waals surface area contributed by atoms with Crippen molar-refractivity contribution in [2.75, 3.05) is 19.7 Å². The summed E-state index contributed by atoms with van der Waals surface area (Å²) in [6, 6.07) is -0.0966. The minimum atomic E-state index is -0.249. The molecule has 2 amide bonds. The number of fused-ring (bicyclic) bond motifs is 1. The molecule has 3 N–H and O–H groups in total. The highest BCUT2D eigenvalue weighted by Crippen LogP contribution is 2.32. The minimum absolute atomic E-state index is 0.0199. The Kier molecular flexibility index (Phi) is 5.80. The molecule has 1 aliphatic heterocycles. The van der Waals surface area contributed by atoms with Gasteiger partial charge in [0, 0.05) is 30.3 Å². The lowest BCUT2D eigenvalue weighted by Gasteiger charge is -2.45. The highest BCUT2D eigenvalue weighted by molar-refractivity contribution is 5.81. The number of ether oxygens (including phenoxy) is 1. The molecule has 2 aliphatic rings. The fourth-order valence-corrected chi connectivity index (χ4v) is 3.99. The lowest BCUT2D eigenvalue weighted by molar-refractivity contribution is -0.153. The Morgan fingerprint density at radius 3 is 2.81 bits per heavy atom. The van der Waals surface area contributed by atoms with Gasteiger partial charge in [-0.05, 0) is 32.6 Å². The fourth-order valence-electron chi connectivity index (χ4n) is 3.99.